The van der Waals surface area contributed by atoms with Crippen LogP contribution in [-0.4, -0.2) is 53.5 Å². The van der Waals surface area contributed by atoms with Crippen LogP contribution in [0.5, 0.6) is 11.5 Å². The van der Waals surface area contributed by atoms with Crippen LogP contribution in [0.1, 0.15) is 18.4 Å². The van der Waals surface area contributed by atoms with E-state index in [0.717, 1.165) is 31.5 Å². The molecule has 0 aliphatic carbocycles. The highest BCUT2D eigenvalue weighted by Gasteiger charge is 2.32. The molecule has 0 atom stereocenters. The highest BCUT2D eigenvalue weighted by Crippen LogP contribution is 2.29. The molecule has 1 aromatic carbocycles. The van der Waals surface area contributed by atoms with Crippen molar-refractivity contribution in [2.45, 2.75) is 19.3 Å². The molecule has 1 heterocycles. The molecule has 0 spiro atoms. The Morgan fingerprint density at radius 2 is 1.84 bits per heavy atom. The van der Waals surface area contributed by atoms with Gasteiger partial charge in [-0.25, -0.2) is 0 Å². The quantitative estimate of drug-likeness (QED) is 0.728. The van der Waals surface area contributed by atoms with Gasteiger partial charge in [0.15, 0.2) is 11.5 Å². The molecule has 1 aromatic rings. The van der Waals surface area contributed by atoms with Gasteiger partial charge in [-0.3, -0.25) is 4.79 Å². The zero-order chi connectivity index (χ0) is 17.4. The van der Waals surface area contributed by atoms with Gasteiger partial charge in [0.25, 0.3) is 0 Å². The summed E-state index contributed by atoms with van der Waals surface area (Å²) < 4.78 is 15.9. The SMILES string of the molecule is COCC1(CNC(=O)Cc2ccc(OC)c(OC)c2)CCNCC1.Cl. The van der Waals surface area contributed by atoms with E-state index in [-0.39, 0.29) is 23.7 Å². The molecular formula is C18H29ClN2O4. The predicted octanol–water partition coefficient (Wildman–Crippen LogP) is 1.80. The molecule has 142 valence electrons. The Labute approximate surface area is 156 Å². The maximum atomic E-state index is 12.3. The highest BCUT2D eigenvalue weighted by atomic mass is 35.5. The van der Waals surface area contributed by atoms with E-state index in [2.05, 4.69) is 10.6 Å². The fraction of sp³-hybridized carbons (Fsp3) is 0.611. The van der Waals surface area contributed by atoms with Crippen molar-refractivity contribution in [1.29, 1.82) is 0 Å². The van der Waals surface area contributed by atoms with Crippen LogP contribution in [0.4, 0.5) is 0 Å². The van der Waals surface area contributed by atoms with E-state index in [9.17, 15) is 4.79 Å². The first-order valence-corrected chi connectivity index (χ1v) is 8.30. The lowest BCUT2D eigenvalue weighted by Crippen LogP contribution is -2.47. The van der Waals surface area contributed by atoms with Crippen molar-refractivity contribution in [3.05, 3.63) is 23.8 Å². The number of methoxy groups -OCH3 is 3. The number of benzene rings is 1. The molecule has 1 fully saturated rings. The Morgan fingerprint density at radius 1 is 1.16 bits per heavy atom. The second-order valence-corrected chi connectivity index (χ2v) is 6.33. The molecular weight excluding hydrogens is 344 g/mol. The van der Waals surface area contributed by atoms with Gasteiger partial charge in [0.2, 0.25) is 5.91 Å². The van der Waals surface area contributed by atoms with E-state index in [1.54, 1.807) is 21.3 Å². The van der Waals surface area contributed by atoms with Crippen molar-refractivity contribution in [2.75, 3.05) is 47.6 Å². The van der Waals surface area contributed by atoms with Crippen molar-refractivity contribution in [3.8, 4) is 11.5 Å². The van der Waals surface area contributed by atoms with E-state index in [1.165, 1.54) is 0 Å². The Bertz CT molecular complexity index is 542. The summed E-state index contributed by atoms with van der Waals surface area (Å²) in [4.78, 5) is 12.3. The van der Waals surface area contributed by atoms with Crippen LogP contribution in [-0.2, 0) is 16.0 Å². The number of rotatable bonds is 8. The Morgan fingerprint density at radius 3 is 2.44 bits per heavy atom. The van der Waals surface area contributed by atoms with Crippen LogP contribution in [0.2, 0.25) is 0 Å². The number of amides is 1. The van der Waals surface area contributed by atoms with Crippen LogP contribution >= 0.6 is 12.4 Å². The van der Waals surface area contributed by atoms with Gasteiger partial charge in [0.1, 0.15) is 0 Å². The summed E-state index contributed by atoms with van der Waals surface area (Å²) in [7, 11) is 4.90. The average Bonchev–Trinajstić information content (AvgIpc) is 2.61. The van der Waals surface area contributed by atoms with Gasteiger partial charge in [0, 0.05) is 19.1 Å². The smallest absolute Gasteiger partial charge is 0.224 e. The van der Waals surface area contributed by atoms with E-state index in [4.69, 9.17) is 14.2 Å². The Hall–Kier alpha value is -1.50. The summed E-state index contributed by atoms with van der Waals surface area (Å²) in [6.45, 7) is 3.25. The van der Waals surface area contributed by atoms with Crippen molar-refractivity contribution < 1.29 is 19.0 Å². The number of piperidine rings is 1. The first-order chi connectivity index (χ1) is 11.6. The molecule has 6 nitrogen and oxygen atoms in total. The largest absolute Gasteiger partial charge is 0.493 e. The summed E-state index contributed by atoms with van der Waals surface area (Å²) in [5.74, 6) is 1.31. The number of nitrogens with one attached hydrogen (secondary N) is 2. The molecule has 1 aliphatic heterocycles. The minimum absolute atomic E-state index is 0. The van der Waals surface area contributed by atoms with E-state index in [0.29, 0.717) is 31.1 Å². The first kappa shape index (κ1) is 21.5. The third kappa shape index (κ3) is 6.06. The van der Waals surface area contributed by atoms with Gasteiger partial charge in [0.05, 0.1) is 27.2 Å². The van der Waals surface area contributed by atoms with Gasteiger partial charge in [-0.05, 0) is 43.6 Å². The van der Waals surface area contributed by atoms with Gasteiger partial charge in [-0.1, -0.05) is 6.07 Å². The summed E-state index contributed by atoms with van der Waals surface area (Å²) in [5.41, 5.74) is 0.934. The minimum Gasteiger partial charge on any atom is -0.493 e. The van der Waals surface area contributed by atoms with Gasteiger partial charge < -0.3 is 24.8 Å². The summed E-state index contributed by atoms with van der Waals surface area (Å²) in [6.07, 6.45) is 2.34. The van der Waals surface area contributed by atoms with Gasteiger partial charge >= 0.3 is 0 Å². The van der Waals surface area contributed by atoms with Gasteiger partial charge in [-0.2, -0.15) is 0 Å². The molecule has 1 saturated heterocycles. The van der Waals surface area contributed by atoms with E-state index < -0.39 is 0 Å². The molecule has 1 amide bonds. The summed E-state index contributed by atoms with van der Waals surface area (Å²) in [6, 6.07) is 5.55. The third-order valence-electron chi connectivity index (χ3n) is 4.59. The number of halogens is 1. The lowest BCUT2D eigenvalue weighted by molar-refractivity contribution is -0.121. The maximum absolute atomic E-state index is 12.3. The van der Waals surface area contributed by atoms with Crippen LogP contribution in [0.3, 0.4) is 0 Å². The Kier molecular flexibility index (Phi) is 9.03. The van der Waals surface area contributed by atoms with Crippen molar-refractivity contribution in [1.82, 2.24) is 10.6 Å². The fourth-order valence-corrected chi connectivity index (χ4v) is 3.16. The molecule has 2 N–H and O–H groups in total. The van der Waals surface area contributed by atoms with Crippen molar-refractivity contribution in [3.63, 3.8) is 0 Å². The summed E-state index contributed by atoms with van der Waals surface area (Å²) in [5, 5.41) is 6.43. The minimum atomic E-state index is 0. The third-order valence-corrected chi connectivity index (χ3v) is 4.59. The van der Waals surface area contributed by atoms with Crippen molar-refractivity contribution in [2.24, 2.45) is 5.41 Å². The monoisotopic (exact) mass is 372 g/mol. The van der Waals surface area contributed by atoms with Crippen LogP contribution < -0.4 is 20.1 Å². The zero-order valence-electron chi connectivity index (χ0n) is 15.2. The number of hydrogen-bond acceptors (Lipinski definition) is 5. The molecule has 7 heteroatoms. The van der Waals surface area contributed by atoms with Gasteiger partial charge in [-0.15, -0.1) is 12.4 Å². The van der Waals surface area contributed by atoms with Crippen LogP contribution in [0.15, 0.2) is 18.2 Å². The molecule has 0 saturated carbocycles. The number of carbonyl (C=O) groups is 1. The predicted molar refractivity (Wildman–Crippen MR) is 99.9 cm³/mol. The van der Waals surface area contributed by atoms with Crippen LogP contribution in [0, 0.1) is 5.41 Å². The van der Waals surface area contributed by atoms with Crippen molar-refractivity contribution >= 4 is 18.3 Å². The average molecular weight is 373 g/mol. The second-order valence-electron chi connectivity index (χ2n) is 6.33. The topological polar surface area (TPSA) is 68.8 Å². The molecule has 1 aliphatic rings. The standard InChI is InChI=1S/C18H28N2O4.ClH/c1-22-13-18(6-8-19-9-7-18)12-20-17(21)11-14-4-5-15(23-2)16(10-14)24-3;/h4-5,10,19H,6-9,11-13H2,1-3H3,(H,20,21);1H. The maximum Gasteiger partial charge on any atom is 0.224 e. The normalized spacial score (nSPS) is 15.8. The Balaban J connectivity index is 0.00000312. The zero-order valence-corrected chi connectivity index (χ0v) is 16.0. The van der Waals surface area contributed by atoms with E-state index in [1.807, 2.05) is 18.2 Å². The van der Waals surface area contributed by atoms with Crippen LogP contribution in [0.25, 0.3) is 0 Å². The molecule has 25 heavy (non-hydrogen) atoms. The number of hydrogen-bond donors (Lipinski definition) is 2. The summed E-state index contributed by atoms with van der Waals surface area (Å²) >= 11 is 0. The first-order valence-electron chi connectivity index (χ1n) is 8.30. The molecule has 2 rings (SSSR count). The lowest BCUT2D eigenvalue weighted by Gasteiger charge is -2.37. The molecule has 0 unspecified atom stereocenters. The molecule has 0 bridgehead atoms. The molecule has 0 aromatic heterocycles. The fourth-order valence-electron chi connectivity index (χ4n) is 3.16. The highest BCUT2D eigenvalue weighted by molar-refractivity contribution is 5.85. The second kappa shape index (κ2) is 10.5. The lowest BCUT2D eigenvalue weighted by atomic mass is 9.79. The van der Waals surface area contributed by atoms with E-state index >= 15 is 0 Å². The number of ether oxygens (including phenoxy) is 3. The number of carbonyl (C=O) groups excluding carboxylic acids is 1. The molecule has 0 radical (unpaired) electrons.